The Labute approximate surface area is 144 Å². The number of rotatable bonds is 2. The van der Waals surface area contributed by atoms with E-state index in [0.717, 1.165) is 0 Å². The molecule has 0 bridgehead atoms. The second-order valence-electron chi connectivity index (χ2n) is 5.07. The summed E-state index contributed by atoms with van der Waals surface area (Å²) in [5, 5.41) is 0. The number of ether oxygens (including phenoxy) is 1. The Morgan fingerprint density at radius 3 is 1.96 bits per heavy atom. The molecule has 2 aromatic carbocycles. The lowest BCUT2D eigenvalue weighted by atomic mass is 10.0. The van der Waals surface area contributed by atoms with Gasteiger partial charge in [0.15, 0.2) is 0 Å². The zero-order valence-electron chi connectivity index (χ0n) is 13.1. The molecular weight excluding hydrogens is 362 g/mol. The van der Waals surface area contributed by atoms with Gasteiger partial charge in [-0.3, -0.25) is 4.79 Å². The second-order valence-corrected chi connectivity index (χ2v) is 5.07. The van der Waals surface area contributed by atoms with Crippen LogP contribution in [0.5, 0.6) is 5.75 Å². The van der Waals surface area contributed by atoms with Gasteiger partial charge in [0.1, 0.15) is 5.75 Å². The van der Waals surface area contributed by atoms with Crippen LogP contribution >= 0.6 is 0 Å². The molecule has 0 aliphatic heterocycles. The van der Waals surface area contributed by atoms with Crippen LogP contribution in [-0.4, -0.2) is 12.9 Å². The first-order valence-electron chi connectivity index (χ1n) is 7.01. The van der Waals surface area contributed by atoms with Crippen LogP contribution in [0.2, 0.25) is 0 Å². The maximum Gasteiger partial charge on any atom is 0.416 e. The summed E-state index contributed by atoms with van der Waals surface area (Å²) in [6.45, 7) is 0. The number of Topliss-reactive ketones (excluding diaryl/α,β-unsaturated/α-hetero) is 1. The Morgan fingerprint density at radius 2 is 1.46 bits per heavy atom. The monoisotopic (exact) mass is 372 g/mol. The van der Waals surface area contributed by atoms with E-state index in [1.165, 1.54) is 25.3 Å². The van der Waals surface area contributed by atoms with Crippen LogP contribution in [-0.2, 0) is 12.4 Å². The van der Waals surface area contributed by atoms with Crippen molar-refractivity contribution in [2.45, 2.75) is 12.4 Å². The molecule has 0 radical (unpaired) electrons. The molecule has 136 valence electrons. The number of alkyl halides is 6. The van der Waals surface area contributed by atoms with E-state index in [0.29, 0.717) is 12.1 Å². The molecule has 0 spiro atoms. The Kier molecular flexibility index (Phi) is 5.30. The summed E-state index contributed by atoms with van der Waals surface area (Å²) in [4.78, 5) is 12.1. The second kappa shape index (κ2) is 7.12. The standard InChI is InChI=1S/C18H10F6O2/c1-26-16-5-3-2-4-14(16)15(25)7-6-11-8-12(17(19,20)21)10-13(9-11)18(22,23)24/h2-5,8-10H,1H3. The van der Waals surface area contributed by atoms with E-state index < -0.39 is 34.8 Å². The highest BCUT2D eigenvalue weighted by Gasteiger charge is 2.36. The number of hydrogen-bond donors (Lipinski definition) is 0. The van der Waals surface area contributed by atoms with Gasteiger partial charge in [-0.1, -0.05) is 18.1 Å². The van der Waals surface area contributed by atoms with Gasteiger partial charge < -0.3 is 4.74 Å². The van der Waals surface area contributed by atoms with Crippen molar-refractivity contribution >= 4 is 5.78 Å². The molecule has 0 atom stereocenters. The Balaban J connectivity index is 2.47. The van der Waals surface area contributed by atoms with E-state index in [9.17, 15) is 31.1 Å². The summed E-state index contributed by atoms with van der Waals surface area (Å²) in [7, 11) is 1.31. The molecule has 0 N–H and O–H groups in total. The summed E-state index contributed by atoms with van der Waals surface area (Å²) < 4.78 is 81.8. The fourth-order valence-corrected chi connectivity index (χ4v) is 2.06. The van der Waals surface area contributed by atoms with Crippen molar-refractivity contribution in [3.8, 4) is 17.6 Å². The number of para-hydroxylation sites is 1. The SMILES string of the molecule is COc1ccccc1C(=O)C#Cc1cc(C(F)(F)F)cc(C(F)(F)F)c1. The first kappa shape index (κ1) is 19.4. The van der Waals surface area contributed by atoms with Gasteiger partial charge in [0.25, 0.3) is 0 Å². The zero-order valence-corrected chi connectivity index (χ0v) is 13.1. The topological polar surface area (TPSA) is 26.3 Å². The normalized spacial score (nSPS) is 11.5. The van der Waals surface area contributed by atoms with E-state index in [1.54, 1.807) is 6.07 Å². The van der Waals surface area contributed by atoms with Crippen molar-refractivity contribution in [1.29, 1.82) is 0 Å². The summed E-state index contributed by atoms with van der Waals surface area (Å²) in [5.41, 5.74) is -3.52. The minimum absolute atomic E-state index is 0.00672. The molecule has 0 aliphatic rings. The predicted molar refractivity (Wildman–Crippen MR) is 80.6 cm³/mol. The van der Waals surface area contributed by atoms with E-state index in [4.69, 9.17) is 4.74 Å². The minimum Gasteiger partial charge on any atom is -0.496 e. The van der Waals surface area contributed by atoms with E-state index in [2.05, 4.69) is 5.92 Å². The molecule has 0 saturated heterocycles. The smallest absolute Gasteiger partial charge is 0.416 e. The maximum atomic E-state index is 12.8. The van der Waals surface area contributed by atoms with Crippen molar-refractivity contribution < 1.29 is 35.9 Å². The van der Waals surface area contributed by atoms with Crippen LogP contribution in [0.1, 0.15) is 27.0 Å². The lowest BCUT2D eigenvalue weighted by Crippen LogP contribution is -2.11. The largest absolute Gasteiger partial charge is 0.496 e. The first-order valence-corrected chi connectivity index (χ1v) is 7.01. The molecule has 0 aromatic heterocycles. The number of carbonyl (C=O) groups is 1. The maximum absolute atomic E-state index is 12.8. The van der Waals surface area contributed by atoms with Gasteiger partial charge in [0, 0.05) is 5.56 Å². The van der Waals surface area contributed by atoms with Crippen LogP contribution in [0.25, 0.3) is 0 Å². The van der Waals surface area contributed by atoms with E-state index >= 15 is 0 Å². The molecular formula is C18H10F6O2. The molecule has 2 nitrogen and oxygen atoms in total. The first-order chi connectivity index (χ1) is 12.0. The Morgan fingerprint density at radius 1 is 0.923 bits per heavy atom. The number of benzene rings is 2. The van der Waals surface area contributed by atoms with Gasteiger partial charge in [0.2, 0.25) is 5.78 Å². The van der Waals surface area contributed by atoms with Gasteiger partial charge in [0.05, 0.1) is 23.8 Å². The summed E-state index contributed by atoms with van der Waals surface area (Å²) in [5.74, 6) is 3.50. The number of methoxy groups -OCH3 is 1. The molecule has 0 saturated carbocycles. The van der Waals surface area contributed by atoms with Crippen LogP contribution in [0, 0.1) is 11.8 Å². The van der Waals surface area contributed by atoms with E-state index in [-0.39, 0.29) is 17.4 Å². The van der Waals surface area contributed by atoms with Crippen LogP contribution in [0.15, 0.2) is 42.5 Å². The average Bonchev–Trinajstić information content (AvgIpc) is 2.57. The highest BCUT2D eigenvalue weighted by molar-refractivity contribution is 6.11. The van der Waals surface area contributed by atoms with Crippen molar-refractivity contribution in [1.82, 2.24) is 0 Å². The number of carbonyl (C=O) groups excluding carboxylic acids is 1. The van der Waals surface area contributed by atoms with E-state index in [1.807, 2.05) is 5.92 Å². The van der Waals surface area contributed by atoms with Crippen molar-refractivity contribution in [2.24, 2.45) is 0 Å². The van der Waals surface area contributed by atoms with Gasteiger partial charge in [-0.05, 0) is 36.3 Å². The lowest BCUT2D eigenvalue weighted by molar-refractivity contribution is -0.143. The fourth-order valence-electron chi connectivity index (χ4n) is 2.06. The average molecular weight is 372 g/mol. The number of halogens is 6. The summed E-state index contributed by atoms with van der Waals surface area (Å²) in [6, 6.07) is 6.86. The van der Waals surface area contributed by atoms with Gasteiger partial charge >= 0.3 is 12.4 Å². The summed E-state index contributed by atoms with van der Waals surface area (Å²) >= 11 is 0. The fraction of sp³-hybridized carbons (Fsp3) is 0.167. The van der Waals surface area contributed by atoms with Crippen molar-refractivity contribution in [3.05, 3.63) is 64.7 Å². The molecule has 0 unspecified atom stereocenters. The zero-order chi connectivity index (χ0) is 19.5. The summed E-state index contributed by atoms with van der Waals surface area (Å²) in [6.07, 6.45) is -9.96. The molecule has 0 heterocycles. The molecule has 2 aromatic rings. The van der Waals surface area contributed by atoms with Crippen molar-refractivity contribution in [3.63, 3.8) is 0 Å². The molecule has 0 fully saturated rings. The molecule has 8 heteroatoms. The number of hydrogen-bond acceptors (Lipinski definition) is 2. The molecule has 0 amide bonds. The highest BCUT2D eigenvalue weighted by atomic mass is 19.4. The van der Waals surface area contributed by atoms with Crippen LogP contribution in [0.4, 0.5) is 26.3 Å². The highest BCUT2D eigenvalue weighted by Crippen LogP contribution is 2.36. The van der Waals surface area contributed by atoms with Crippen LogP contribution < -0.4 is 4.74 Å². The molecule has 2 rings (SSSR count). The lowest BCUT2D eigenvalue weighted by Gasteiger charge is -2.12. The third kappa shape index (κ3) is 4.57. The molecule has 26 heavy (non-hydrogen) atoms. The van der Waals surface area contributed by atoms with Crippen LogP contribution in [0.3, 0.4) is 0 Å². The van der Waals surface area contributed by atoms with Gasteiger partial charge in [-0.15, -0.1) is 0 Å². The Bertz CT molecular complexity index is 853. The van der Waals surface area contributed by atoms with Gasteiger partial charge in [-0.2, -0.15) is 26.3 Å². The van der Waals surface area contributed by atoms with Gasteiger partial charge in [-0.25, -0.2) is 0 Å². The third-order valence-corrected chi connectivity index (χ3v) is 3.26. The third-order valence-electron chi connectivity index (χ3n) is 3.26. The predicted octanol–water partition coefficient (Wildman–Crippen LogP) is 4.97. The number of ketones is 1. The van der Waals surface area contributed by atoms with Crippen molar-refractivity contribution in [2.75, 3.05) is 7.11 Å². The molecule has 0 aliphatic carbocycles. The minimum atomic E-state index is -4.98. The Hall–Kier alpha value is -2.95. The quantitative estimate of drug-likeness (QED) is 0.423.